The van der Waals surface area contributed by atoms with Crippen molar-refractivity contribution in [2.75, 3.05) is 26.4 Å². The molecule has 7 rings (SSSR count). The van der Waals surface area contributed by atoms with Crippen LogP contribution in [0.3, 0.4) is 0 Å². The Morgan fingerprint density at radius 3 is 2.24 bits per heavy atom. The first-order chi connectivity index (χ1) is 14.1. The summed E-state index contributed by atoms with van der Waals surface area (Å²) < 4.78 is 17.2. The summed E-state index contributed by atoms with van der Waals surface area (Å²) in [5.41, 5.74) is 3.22. The molecule has 6 nitrogen and oxygen atoms in total. The zero-order valence-corrected chi connectivity index (χ0v) is 16.0. The summed E-state index contributed by atoms with van der Waals surface area (Å²) in [6.07, 6.45) is 0.767. The molecule has 2 bridgehead atoms. The van der Waals surface area contributed by atoms with E-state index in [-0.39, 0.29) is 19.1 Å². The molecule has 150 valence electrons. The first-order valence-corrected chi connectivity index (χ1v) is 10.1. The normalized spacial score (nSPS) is 30.2. The average molecular weight is 393 g/mol. The number of aliphatic hydroxyl groups excluding tert-OH is 1. The van der Waals surface area contributed by atoms with Crippen LogP contribution in [0.25, 0.3) is 11.1 Å². The number of hydrogen-bond acceptors (Lipinski definition) is 5. The summed E-state index contributed by atoms with van der Waals surface area (Å²) in [6.45, 7) is 1.13. The minimum Gasteiger partial charge on any atom is -0.449 e. The number of aliphatic hydroxyl groups is 1. The fourth-order valence-corrected chi connectivity index (χ4v) is 5.75. The maximum Gasteiger partial charge on any atom is 0.407 e. The lowest BCUT2D eigenvalue weighted by atomic mass is 9.61. The Bertz CT molecular complexity index is 947. The van der Waals surface area contributed by atoms with Gasteiger partial charge in [-0.2, -0.15) is 0 Å². The van der Waals surface area contributed by atoms with Crippen molar-refractivity contribution in [2.24, 2.45) is 0 Å². The van der Waals surface area contributed by atoms with Crippen LogP contribution >= 0.6 is 0 Å². The van der Waals surface area contributed by atoms with Crippen LogP contribution in [0.4, 0.5) is 4.79 Å². The highest BCUT2D eigenvalue weighted by Gasteiger charge is 2.78. The van der Waals surface area contributed by atoms with Crippen LogP contribution in [-0.4, -0.2) is 54.4 Å². The Hall–Kier alpha value is -2.41. The predicted molar refractivity (Wildman–Crippen MR) is 105 cm³/mol. The van der Waals surface area contributed by atoms with Crippen molar-refractivity contribution in [1.82, 2.24) is 5.32 Å². The van der Waals surface area contributed by atoms with Crippen molar-refractivity contribution in [2.45, 2.75) is 35.5 Å². The van der Waals surface area contributed by atoms with Gasteiger partial charge in [0.25, 0.3) is 0 Å². The lowest BCUT2D eigenvalue weighted by molar-refractivity contribution is -0.212. The van der Waals surface area contributed by atoms with Crippen LogP contribution in [0.15, 0.2) is 48.5 Å². The van der Waals surface area contributed by atoms with Gasteiger partial charge < -0.3 is 24.6 Å². The molecule has 2 aromatic rings. The molecular weight excluding hydrogens is 370 g/mol. The molecule has 2 aromatic carbocycles. The average Bonchev–Trinajstić information content (AvgIpc) is 3.27. The maximum absolute atomic E-state index is 12.7. The zero-order valence-electron chi connectivity index (χ0n) is 16.0. The van der Waals surface area contributed by atoms with E-state index in [0.29, 0.717) is 26.1 Å². The fraction of sp³-hybridized carbons (Fsp3) is 0.435. The molecule has 3 heterocycles. The van der Waals surface area contributed by atoms with Gasteiger partial charge in [-0.3, -0.25) is 0 Å². The molecule has 3 saturated heterocycles. The molecule has 5 aliphatic rings. The number of ether oxygens (including phenoxy) is 3. The quantitative estimate of drug-likeness (QED) is 0.835. The maximum atomic E-state index is 12.7. The van der Waals surface area contributed by atoms with E-state index < -0.39 is 22.8 Å². The van der Waals surface area contributed by atoms with Crippen LogP contribution in [0.5, 0.6) is 0 Å². The number of hydrogen-bond donors (Lipinski definition) is 2. The molecule has 0 radical (unpaired) electrons. The van der Waals surface area contributed by atoms with Gasteiger partial charge in [0.05, 0.1) is 31.0 Å². The zero-order chi connectivity index (χ0) is 19.7. The third kappa shape index (κ3) is 2.25. The monoisotopic (exact) mass is 393 g/mol. The number of alkyl carbamates (subject to hydrolysis) is 1. The molecule has 3 aliphatic heterocycles. The molecule has 1 amide bonds. The molecule has 1 spiro atoms. The van der Waals surface area contributed by atoms with E-state index in [4.69, 9.17) is 14.2 Å². The van der Waals surface area contributed by atoms with Gasteiger partial charge in [0, 0.05) is 18.8 Å². The van der Waals surface area contributed by atoms with E-state index >= 15 is 0 Å². The molecule has 4 fully saturated rings. The second kappa shape index (κ2) is 5.81. The van der Waals surface area contributed by atoms with Crippen LogP contribution in [0.1, 0.15) is 29.9 Å². The Morgan fingerprint density at radius 2 is 1.69 bits per heavy atom. The number of amides is 1. The molecule has 0 aromatic heterocycles. The van der Waals surface area contributed by atoms with E-state index in [9.17, 15) is 9.90 Å². The molecule has 2 aliphatic carbocycles. The lowest BCUT2D eigenvalue weighted by Gasteiger charge is -2.50. The molecule has 2 N–H and O–H groups in total. The van der Waals surface area contributed by atoms with Gasteiger partial charge in [-0.25, -0.2) is 4.79 Å². The minimum absolute atomic E-state index is 0.0318. The third-order valence-electron chi connectivity index (χ3n) is 7.18. The van der Waals surface area contributed by atoms with Crippen LogP contribution in [-0.2, 0) is 14.2 Å². The number of nitrogens with one attached hydrogen (secondary N) is 1. The van der Waals surface area contributed by atoms with Gasteiger partial charge >= 0.3 is 6.09 Å². The number of benzene rings is 2. The summed E-state index contributed by atoms with van der Waals surface area (Å²) in [6, 6.07) is 16.6. The van der Waals surface area contributed by atoms with Gasteiger partial charge in [-0.05, 0) is 22.3 Å². The molecular formula is C23H23NO5. The number of fused-ring (bicyclic) bond motifs is 3. The van der Waals surface area contributed by atoms with Crippen molar-refractivity contribution >= 4 is 6.09 Å². The van der Waals surface area contributed by atoms with Gasteiger partial charge in [-0.1, -0.05) is 48.5 Å². The smallest absolute Gasteiger partial charge is 0.407 e. The number of carbonyl (C=O) groups excluding carboxylic acids is 1. The molecule has 6 heteroatoms. The Kier molecular flexibility index (Phi) is 3.50. The van der Waals surface area contributed by atoms with Gasteiger partial charge in [-0.15, -0.1) is 0 Å². The van der Waals surface area contributed by atoms with E-state index in [2.05, 4.69) is 29.6 Å². The van der Waals surface area contributed by atoms with Gasteiger partial charge in [0.15, 0.2) is 0 Å². The third-order valence-corrected chi connectivity index (χ3v) is 7.18. The number of rotatable bonds is 4. The second-order valence-electron chi connectivity index (χ2n) is 8.82. The molecule has 0 unspecified atom stereocenters. The Balaban J connectivity index is 1.19. The van der Waals surface area contributed by atoms with Crippen molar-refractivity contribution in [3.8, 4) is 11.1 Å². The fourth-order valence-electron chi connectivity index (χ4n) is 5.75. The van der Waals surface area contributed by atoms with Crippen molar-refractivity contribution in [1.29, 1.82) is 0 Å². The standard InChI is InChI=1S/C23H23NO5/c25-12-21-10-22(11-21,23(29-21)13-27-14-23)24-20(26)28-9-19-17-7-3-1-5-15(17)16-6-2-4-8-18(16)19/h1-8,19,25H,9-14H2,(H,24,26). The summed E-state index contributed by atoms with van der Waals surface area (Å²) in [4.78, 5) is 12.7. The van der Waals surface area contributed by atoms with Crippen LogP contribution in [0.2, 0.25) is 0 Å². The van der Waals surface area contributed by atoms with E-state index in [1.807, 2.05) is 24.3 Å². The summed E-state index contributed by atoms with van der Waals surface area (Å²) >= 11 is 0. The van der Waals surface area contributed by atoms with Crippen molar-refractivity contribution in [3.05, 3.63) is 59.7 Å². The van der Waals surface area contributed by atoms with Crippen LogP contribution < -0.4 is 5.32 Å². The second-order valence-corrected chi connectivity index (χ2v) is 8.82. The minimum atomic E-state index is -0.541. The Morgan fingerprint density at radius 1 is 1.07 bits per heavy atom. The highest BCUT2D eigenvalue weighted by molar-refractivity contribution is 5.79. The van der Waals surface area contributed by atoms with Crippen molar-refractivity contribution < 1.29 is 24.1 Å². The highest BCUT2D eigenvalue weighted by atomic mass is 16.6. The summed E-state index contributed by atoms with van der Waals surface area (Å²) in [5.74, 6) is 0.0318. The Labute approximate surface area is 168 Å². The van der Waals surface area contributed by atoms with Gasteiger partial charge in [0.2, 0.25) is 0 Å². The van der Waals surface area contributed by atoms with E-state index in [1.165, 1.54) is 22.3 Å². The topological polar surface area (TPSA) is 77.0 Å². The van der Waals surface area contributed by atoms with Gasteiger partial charge in [0.1, 0.15) is 12.2 Å². The van der Waals surface area contributed by atoms with Crippen LogP contribution in [0, 0.1) is 0 Å². The summed E-state index contributed by atoms with van der Waals surface area (Å²) in [7, 11) is 0. The summed E-state index contributed by atoms with van der Waals surface area (Å²) in [5, 5.41) is 12.8. The van der Waals surface area contributed by atoms with Crippen molar-refractivity contribution in [3.63, 3.8) is 0 Å². The predicted octanol–water partition coefficient (Wildman–Crippen LogP) is 2.59. The first-order valence-electron chi connectivity index (χ1n) is 10.1. The largest absolute Gasteiger partial charge is 0.449 e. The SMILES string of the molecule is O=C(NC12CC(CO)(C1)OC21COC1)OCC1c2ccccc2-c2ccccc21. The van der Waals surface area contributed by atoms with E-state index in [0.717, 1.165) is 0 Å². The number of carbonyl (C=O) groups is 1. The first kappa shape index (κ1) is 17.4. The lowest BCUT2D eigenvalue weighted by Crippen LogP contribution is -2.72. The molecule has 0 atom stereocenters. The highest BCUT2D eigenvalue weighted by Crippen LogP contribution is 2.62. The molecule has 29 heavy (non-hydrogen) atoms. The molecule has 1 saturated carbocycles. The van der Waals surface area contributed by atoms with E-state index in [1.54, 1.807) is 0 Å².